The van der Waals surface area contributed by atoms with Crippen LogP contribution in [0.3, 0.4) is 0 Å². The van der Waals surface area contributed by atoms with Crippen LogP contribution in [-0.2, 0) is 16.1 Å². The van der Waals surface area contributed by atoms with Gasteiger partial charge in [-0.1, -0.05) is 30.3 Å². The fourth-order valence-corrected chi connectivity index (χ4v) is 3.35. The van der Waals surface area contributed by atoms with Crippen LogP contribution >= 0.6 is 0 Å². The van der Waals surface area contributed by atoms with Gasteiger partial charge in [-0.15, -0.1) is 0 Å². The van der Waals surface area contributed by atoms with Gasteiger partial charge < -0.3 is 10.2 Å². The van der Waals surface area contributed by atoms with Crippen molar-refractivity contribution in [2.24, 2.45) is 5.41 Å². The van der Waals surface area contributed by atoms with Gasteiger partial charge in [-0.2, -0.15) is 0 Å². The maximum absolute atomic E-state index is 12.8. The molecule has 2 heterocycles. The largest absolute Gasteiger partial charge is 0.355 e. The van der Waals surface area contributed by atoms with Crippen molar-refractivity contribution in [2.75, 3.05) is 13.1 Å². The molecule has 20 heavy (non-hydrogen) atoms. The number of nitrogens with one attached hydrogen (secondary N) is 1. The molecule has 1 N–H and O–H groups in total. The third-order valence-electron chi connectivity index (χ3n) is 4.44. The van der Waals surface area contributed by atoms with E-state index in [9.17, 15) is 9.59 Å². The molecule has 1 atom stereocenters. The van der Waals surface area contributed by atoms with Gasteiger partial charge in [0.2, 0.25) is 11.8 Å². The summed E-state index contributed by atoms with van der Waals surface area (Å²) in [6, 6.07) is 9.97. The van der Waals surface area contributed by atoms with Crippen molar-refractivity contribution >= 4 is 11.8 Å². The summed E-state index contributed by atoms with van der Waals surface area (Å²) >= 11 is 0. The number of hydrogen-bond acceptors (Lipinski definition) is 2. The SMILES string of the molecule is O=C1NCCCC12CCCN(Cc1ccccc1)C2=O. The Morgan fingerprint density at radius 3 is 2.60 bits per heavy atom. The number of rotatable bonds is 2. The number of nitrogens with zero attached hydrogens (tertiary/aromatic N) is 1. The molecule has 4 nitrogen and oxygen atoms in total. The minimum Gasteiger partial charge on any atom is -0.355 e. The summed E-state index contributed by atoms with van der Waals surface area (Å²) in [5, 5.41) is 2.87. The molecule has 1 spiro atoms. The van der Waals surface area contributed by atoms with Gasteiger partial charge in [0, 0.05) is 19.6 Å². The van der Waals surface area contributed by atoms with Crippen molar-refractivity contribution in [1.29, 1.82) is 0 Å². The van der Waals surface area contributed by atoms with Crippen molar-refractivity contribution < 1.29 is 9.59 Å². The molecule has 1 aromatic rings. The molecule has 2 saturated heterocycles. The van der Waals surface area contributed by atoms with Crippen LogP contribution < -0.4 is 5.32 Å². The van der Waals surface area contributed by atoms with Gasteiger partial charge in [0.15, 0.2) is 0 Å². The second-order valence-electron chi connectivity index (χ2n) is 5.76. The van der Waals surface area contributed by atoms with Crippen LogP contribution in [0, 0.1) is 5.41 Å². The summed E-state index contributed by atoms with van der Waals surface area (Å²) in [5.41, 5.74) is 0.333. The quantitative estimate of drug-likeness (QED) is 0.833. The number of likely N-dealkylation sites (tertiary alicyclic amines) is 1. The second kappa shape index (κ2) is 5.27. The third kappa shape index (κ3) is 2.19. The molecule has 0 radical (unpaired) electrons. The smallest absolute Gasteiger partial charge is 0.238 e. The summed E-state index contributed by atoms with van der Waals surface area (Å²) in [7, 11) is 0. The highest BCUT2D eigenvalue weighted by atomic mass is 16.2. The lowest BCUT2D eigenvalue weighted by Gasteiger charge is -2.42. The summed E-state index contributed by atoms with van der Waals surface area (Å²) in [6.45, 7) is 2.06. The van der Waals surface area contributed by atoms with E-state index in [0.717, 1.165) is 24.9 Å². The fourth-order valence-electron chi connectivity index (χ4n) is 3.35. The van der Waals surface area contributed by atoms with Crippen LogP contribution in [0.1, 0.15) is 31.2 Å². The molecule has 1 aromatic carbocycles. The summed E-state index contributed by atoms with van der Waals surface area (Å²) in [5.74, 6) is -0.0451. The van der Waals surface area contributed by atoms with Crippen LogP contribution in [0.5, 0.6) is 0 Å². The van der Waals surface area contributed by atoms with Crippen LogP contribution in [-0.4, -0.2) is 29.8 Å². The topological polar surface area (TPSA) is 49.4 Å². The van der Waals surface area contributed by atoms with E-state index in [1.165, 1.54) is 0 Å². The van der Waals surface area contributed by atoms with Crippen molar-refractivity contribution in [3.8, 4) is 0 Å². The number of carbonyl (C=O) groups excluding carboxylic acids is 2. The predicted octanol–water partition coefficient (Wildman–Crippen LogP) is 1.71. The standard InChI is InChI=1S/C16H20N2O2/c19-14-16(8-4-10-17-14)9-5-11-18(15(16)20)12-13-6-2-1-3-7-13/h1-3,6-7H,4-5,8-12H2,(H,17,19). The molecular formula is C16H20N2O2. The maximum atomic E-state index is 12.8. The molecule has 0 bridgehead atoms. The van der Waals surface area contributed by atoms with Gasteiger partial charge >= 0.3 is 0 Å². The van der Waals surface area contributed by atoms with E-state index in [1.807, 2.05) is 35.2 Å². The summed E-state index contributed by atoms with van der Waals surface area (Å²) in [4.78, 5) is 26.9. The third-order valence-corrected chi connectivity index (χ3v) is 4.44. The predicted molar refractivity (Wildman–Crippen MR) is 75.8 cm³/mol. The van der Waals surface area contributed by atoms with Crippen LogP contribution in [0.4, 0.5) is 0 Å². The number of amides is 2. The molecule has 2 fully saturated rings. The van der Waals surface area contributed by atoms with Crippen molar-refractivity contribution in [3.05, 3.63) is 35.9 Å². The van der Waals surface area contributed by atoms with Gasteiger partial charge in [0.05, 0.1) is 0 Å². The molecule has 0 aromatic heterocycles. The zero-order valence-electron chi connectivity index (χ0n) is 11.6. The first kappa shape index (κ1) is 13.2. The number of carbonyl (C=O) groups is 2. The van der Waals surface area contributed by atoms with Crippen LogP contribution in [0.25, 0.3) is 0 Å². The molecule has 0 aliphatic carbocycles. The minimum absolute atomic E-state index is 0.0183. The lowest BCUT2D eigenvalue weighted by atomic mass is 9.73. The van der Waals surface area contributed by atoms with E-state index in [2.05, 4.69) is 5.32 Å². The molecular weight excluding hydrogens is 252 g/mol. The Morgan fingerprint density at radius 1 is 1.10 bits per heavy atom. The van der Waals surface area contributed by atoms with Gasteiger partial charge in [-0.25, -0.2) is 0 Å². The molecule has 0 saturated carbocycles. The highest BCUT2D eigenvalue weighted by Crippen LogP contribution is 2.38. The Bertz CT molecular complexity index is 510. The van der Waals surface area contributed by atoms with Gasteiger partial charge in [-0.05, 0) is 31.2 Å². The monoisotopic (exact) mass is 272 g/mol. The molecule has 106 valence electrons. The second-order valence-corrected chi connectivity index (χ2v) is 5.76. The average Bonchev–Trinajstić information content (AvgIpc) is 2.48. The Hall–Kier alpha value is -1.84. The summed E-state index contributed by atoms with van der Waals surface area (Å²) < 4.78 is 0. The molecule has 2 aliphatic heterocycles. The normalized spacial score (nSPS) is 26.7. The lowest BCUT2D eigenvalue weighted by molar-refractivity contribution is -0.157. The average molecular weight is 272 g/mol. The number of benzene rings is 1. The van der Waals surface area contributed by atoms with Gasteiger partial charge in [0.25, 0.3) is 0 Å². The molecule has 3 rings (SSSR count). The molecule has 1 unspecified atom stereocenters. The van der Waals surface area contributed by atoms with Crippen LogP contribution in [0.2, 0.25) is 0 Å². The first-order chi connectivity index (χ1) is 9.72. The van der Waals surface area contributed by atoms with Crippen molar-refractivity contribution in [1.82, 2.24) is 10.2 Å². The Kier molecular flexibility index (Phi) is 3.47. The van der Waals surface area contributed by atoms with Crippen molar-refractivity contribution in [2.45, 2.75) is 32.2 Å². The first-order valence-corrected chi connectivity index (χ1v) is 7.34. The highest BCUT2D eigenvalue weighted by molar-refractivity contribution is 6.05. The van der Waals surface area contributed by atoms with Gasteiger partial charge in [0.1, 0.15) is 5.41 Å². The van der Waals surface area contributed by atoms with E-state index in [-0.39, 0.29) is 11.8 Å². The number of hydrogen-bond donors (Lipinski definition) is 1. The molecule has 2 amide bonds. The zero-order valence-corrected chi connectivity index (χ0v) is 11.6. The Morgan fingerprint density at radius 2 is 1.85 bits per heavy atom. The Labute approximate surface area is 119 Å². The molecule has 4 heteroatoms. The van der Waals surface area contributed by atoms with Crippen molar-refractivity contribution in [3.63, 3.8) is 0 Å². The maximum Gasteiger partial charge on any atom is 0.238 e. The minimum atomic E-state index is -0.786. The van der Waals surface area contributed by atoms with Crippen LogP contribution in [0.15, 0.2) is 30.3 Å². The van der Waals surface area contributed by atoms with E-state index in [0.29, 0.717) is 25.9 Å². The first-order valence-electron chi connectivity index (χ1n) is 7.34. The fraction of sp³-hybridized carbons (Fsp3) is 0.500. The van der Waals surface area contributed by atoms with E-state index < -0.39 is 5.41 Å². The van der Waals surface area contributed by atoms with E-state index in [1.54, 1.807) is 0 Å². The van der Waals surface area contributed by atoms with E-state index in [4.69, 9.17) is 0 Å². The zero-order chi connectivity index (χ0) is 14.0. The number of piperidine rings is 2. The summed E-state index contributed by atoms with van der Waals surface area (Å²) in [6.07, 6.45) is 3.20. The lowest BCUT2D eigenvalue weighted by Crippen LogP contribution is -2.58. The Balaban J connectivity index is 1.80. The van der Waals surface area contributed by atoms with E-state index >= 15 is 0 Å². The van der Waals surface area contributed by atoms with Gasteiger partial charge in [-0.3, -0.25) is 9.59 Å². The highest BCUT2D eigenvalue weighted by Gasteiger charge is 2.50. The molecule has 2 aliphatic rings.